The molecule has 1 aromatic rings. The van der Waals surface area contributed by atoms with Gasteiger partial charge in [-0.1, -0.05) is 22.4 Å². The number of aryl methyl sites for hydroxylation is 2. The fraction of sp³-hybridized carbons (Fsp3) is 0.750. The predicted molar refractivity (Wildman–Crippen MR) is 66.2 cm³/mol. The highest BCUT2D eigenvalue weighted by molar-refractivity contribution is 9.09. The molecule has 1 aliphatic rings. The second-order valence-electron chi connectivity index (χ2n) is 4.55. The van der Waals surface area contributed by atoms with Gasteiger partial charge in [-0.3, -0.25) is 4.68 Å². The smallest absolute Gasteiger partial charge is 0.0492 e. The Labute approximate surface area is 100 Å². The number of aromatic nitrogens is 2. The predicted octanol–water partition coefficient (Wildman–Crippen LogP) is 3.31. The summed E-state index contributed by atoms with van der Waals surface area (Å²) >= 11 is 3.78. The molecule has 0 aliphatic heterocycles. The van der Waals surface area contributed by atoms with E-state index in [0.717, 1.165) is 10.7 Å². The first kappa shape index (κ1) is 11.2. The summed E-state index contributed by atoms with van der Waals surface area (Å²) < 4.78 is 1.98. The monoisotopic (exact) mass is 270 g/mol. The molecule has 84 valence electrons. The quantitative estimate of drug-likeness (QED) is 0.573. The first-order valence-electron chi connectivity index (χ1n) is 5.88. The maximum absolute atomic E-state index is 4.18. The van der Waals surface area contributed by atoms with Gasteiger partial charge in [0.05, 0.1) is 0 Å². The summed E-state index contributed by atoms with van der Waals surface area (Å²) in [5.41, 5.74) is 1.35. The molecule has 2 nitrogen and oxygen atoms in total. The molecule has 0 radical (unpaired) electrons. The number of alkyl halides is 1. The molecule has 0 saturated heterocycles. The van der Waals surface area contributed by atoms with Crippen molar-refractivity contribution >= 4 is 15.9 Å². The van der Waals surface area contributed by atoms with Crippen molar-refractivity contribution in [3.05, 3.63) is 18.0 Å². The van der Waals surface area contributed by atoms with Gasteiger partial charge < -0.3 is 0 Å². The van der Waals surface area contributed by atoms with E-state index in [2.05, 4.69) is 27.1 Å². The first-order chi connectivity index (χ1) is 7.27. The highest BCUT2D eigenvalue weighted by Crippen LogP contribution is 2.38. The average molecular weight is 271 g/mol. The van der Waals surface area contributed by atoms with Crippen LogP contribution in [0.4, 0.5) is 0 Å². The minimum Gasteiger partial charge on any atom is -0.273 e. The number of nitrogens with zero attached hydrogens (tertiary/aromatic N) is 2. The van der Waals surface area contributed by atoms with Crippen molar-refractivity contribution in [1.82, 2.24) is 9.78 Å². The zero-order chi connectivity index (χ0) is 10.7. The maximum Gasteiger partial charge on any atom is 0.0492 e. The Kier molecular flexibility index (Phi) is 3.84. The molecule has 15 heavy (non-hydrogen) atoms. The van der Waals surface area contributed by atoms with Crippen LogP contribution in [0, 0.1) is 5.92 Å². The third-order valence-corrected chi connectivity index (χ3v) is 4.42. The summed E-state index contributed by atoms with van der Waals surface area (Å²) in [6, 6.07) is 2.12. The van der Waals surface area contributed by atoms with Crippen LogP contribution in [-0.4, -0.2) is 14.6 Å². The zero-order valence-electron chi connectivity index (χ0n) is 9.32. The third-order valence-electron chi connectivity index (χ3n) is 3.22. The molecule has 3 heteroatoms. The molecule has 0 bridgehead atoms. The zero-order valence-corrected chi connectivity index (χ0v) is 10.9. The van der Waals surface area contributed by atoms with Crippen molar-refractivity contribution < 1.29 is 0 Å². The molecule has 0 N–H and O–H groups in total. The van der Waals surface area contributed by atoms with Gasteiger partial charge in [0.15, 0.2) is 0 Å². The topological polar surface area (TPSA) is 17.8 Å². The lowest BCUT2D eigenvalue weighted by Crippen LogP contribution is -2.02. The van der Waals surface area contributed by atoms with Gasteiger partial charge in [0.2, 0.25) is 0 Å². The van der Waals surface area contributed by atoms with Gasteiger partial charge in [0.25, 0.3) is 0 Å². The van der Waals surface area contributed by atoms with E-state index in [1.54, 1.807) is 0 Å². The van der Waals surface area contributed by atoms with Crippen molar-refractivity contribution in [2.75, 3.05) is 0 Å². The van der Waals surface area contributed by atoms with E-state index in [1.165, 1.54) is 44.2 Å². The molecule has 1 aromatic heterocycles. The lowest BCUT2D eigenvalue weighted by Gasteiger charge is -2.07. The first-order valence-corrected chi connectivity index (χ1v) is 6.80. The van der Waals surface area contributed by atoms with E-state index in [0.29, 0.717) is 0 Å². The molecule has 1 atom stereocenters. The van der Waals surface area contributed by atoms with Crippen molar-refractivity contribution in [1.29, 1.82) is 0 Å². The third kappa shape index (κ3) is 3.33. The highest BCUT2D eigenvalue weighted by atomic mass is 79.9. The van der Waals surface area contributed by atoms with E-state index in [4.69, 9.17) is 0 Å². The summed E-state index contributed by atoms with van der Waals surface area (Å²) in [4.78, 5) is 0.782. The summed E-state index contributed by atoms with van der Waals surface area (Å²) in [6.45, 7) is 0. The molecule has 1 unspecified atom stereocenters. The molecule has 0 aromatic carbocycles. The van der Waals surface area contributed by atoms with Crippen LogP contribution < -0.4 is 0 Å². The largest absolute Gasteiger partial charge is 0.273 e. The van der Waals surface area contributed by atoms with Crippen molar-refractivity contribution in [2.24, 2.45) is 13.0 Å². The second kappa shape index (κ2) is 5.15. The van der Waals surface area contributed by atoms with Crippen LogP contribution in [-0.2, 0) is 13.5 Å². The van der Waals surface area contributed by atoms with E-state index in [1.807, 2.05) is 17.9 Å². The summed E-state index contributed by atoms with van der Waals surface area (Å²) in [7, 11) is 2.02. The summed E-state index contributed by atoms with van der Waals surface area (Å²) in [6.07, 6.45) is 9.89. The van der Waals surface area contributed by atoms with Crippen LogP contribution in [0.1, 0.15) is 37.8 Å². The van der Waals surface area contributed by atoms with Crippen LogP contribution >= 0.6 is 15.9 Å². The van der Waals surface area contributed by atoms with Gasteiger partial charge in [0, 0.05) is 23.8 Å². The minimum atomic E-state index is 0.782. The van der Waals surface area contributed by atoms with Crippen LogP contribution in [0.15, 0.2) is 12.3 Å². The van der Waals surface area contributed by atoms with Gasteiger partial charge in [-0.05, 0) is 44.1 Å². The van der Waals surface area contributed by atoms with E-state index in [-0.39, 0.29) is 0 Å². The summed E-state index contributed by atoms with van der Waals surface area (Å²) in [5.74, 6) is 0.988. The molecule has 2 rings (SSSR count). The van der Waals surface area contributed by atoms with E-state index >= 15 is 0 Å². The fourth-order valence-electron chi connectivity index (χ4n) is 1.99. The lowest BCUT2D eigenvalue weighted by atomic mass is 10.1. The van der Waals surface area contributed by atoms with Crippen LogP contribution in [0.25, 0.3) is 0 Å². The van der Waals surface area contributed by atoms with Crippen molar-refractivity contribution in [2.45, 2.75) is 43.4 Å². The normalized spacial score (nSPS) is 18.0. The van der Waals surface area contributed by atoms with Gasteiger partial charge >= 0.3 is 0 Å². The minimum absolute atomic E-state index is 0.782. The van der Waals surface area contributed by atoms with E-state index < -0.39 is 0 Å². The molecular formula is C12H19BrN2. The van der Waals surface area contributed by atoms with Gasteiger partial charge in [-0.2, -0.15) is 5.10 Å². The van der Waals surface area contributed by atoms with Crippen LogP contribution in [0.5, 0.6) is 0 Å². The van der Waals surface area contributed by atoms with Gasteiger partial charge in [-0.25, -0.2) is 0 Å². The lowest BCUT2D eigenvalue weighted by molar-refractivity contribution is 0.604. The highest BCUT2D eigenvalue weighted by Gasteiger charge is 2.28. The Bertz CT molecular complexity index is 304. The second-order valence-corrected chi connectivity index (χ2v) is 5.72. The number of hydrogen-bond acceptors (Lipinski definition) is 1. The van der Waals surface area contributed by atoms with Crippen LogP contribution in [0.3, 0.4) is 0 Å². The number of unbranched alkanes of at least 4 members (excludes halogenated alkanes) is 1. The van der Waals surface area contributed by atoms with Gasteiger partial charge in [0.1, 0.15) is 0 Å². The standard InChI is InChI=1S/C12H19BrN2/c1-15-11(8-9-14-15)4-2-3-5-12(13)10-6-7-10/h8-10,12H,2-7H2,1H3. The molecule has 0 spiro atoms. The van der Waals surface area contributed by atoms with Crippen LogP contribution in [0.2, 0.25) is 0 Å². The average Bonchev–Trinajstić information content (AvgIpc) is 2.99. The molecule has 1 saturated carbocycles. The Balaban J connectivity index is 1.60. The van der Waals surface area contributed by atoms with Crippen molar-refractivity contribution in [3.8, 4) is 0 Å². The van der Waals surface area contributed by atoms with E-state index in [9.17, 15) is 0 Å². The Morgan fingerprint density at radius 1 is 1.53 bits per heavy atom. The fourth-order valence-corrected chi connectivity index (χ4v) is 2.84. The Morgan fingerprint density at radius 3 is 2.93 bits per heavy atom. The molecule has 1 fully saturated rings. The Morgan fingerprint density at radius 2 is 2.33 bits per heavy atom. The van der Waals surface area contributed by atoms with Crippen molar-refractivity contribution in [3.63, 3.8) is 0 Å². The maximum atomic E-state index is 4.18. The number of hydrogen-bond donors (Lipinski definition) is 0. The number of halogens is 1. The molecular weight excluding hydrogens is 252 g/mol. The molecule has 1 heterocycles. The summed E-state index contributed by atoms with van der Waals surface area (Å²) in [5, 5.41) is 4.18. The molecule has 1 aliphatic carbocycles. The number of rotatable bonds is 6. The Hall–Kier alpha value is -0.310. The SMILES string of the molecule is Cn1nccc1CCCCC(Br)C1CC1. The van der Waals surface area contributed by atoms with Gasteiger partial charge in [-0.15, -0.1) is 0 Å². The molecule has 0 amide bonds.